The number of para-hydroxylation sites is 1. The maximum atomic E-state index is 6.09. The highest BCUT2D eigenvalue weighted by molar-refractivity contribution is 5.41. The van der Waals surface area contributed by atoms with Crippen LogP contribution in [0.5, 0.6) is 11.5 Å². The third kappa shape index (κ3) is 4.30. The van der Waals surface area contributed by atoms with Crippen LogP contribution in [-0.2, 0) is 12.0 Å². The van der Waals surface area contributed by atoms with Crippen molar-refractivity contribution in [3.05, 3.63) is 53.9 Å². The van der Waals surface area contributed by atoms with Crippen molar-refractivity contribution in [3.8, 4) is 11.5 Å². The Labute approximate surface area is 127 Å². The third-order valence-electron chi connectivity index (χ3n) is 3.27. The summed E-state index contributed by atoms with van der Waals surface area (Å²) in [4.78, 5) is 4.35. The first-order valence-electron chi connectivity index (χ1n) is 7.43. The molecule has 1 aromatic carbocycles. The molecule has 0 saturated carbocycles. The topological polar surface area (TPSA) is 34.1 Å². The molecule has 0 aliphatic carbocycles. The van der Waals surface area contributed by atoms with E-state index in [1.165, 1.54) is 5.56 Å². The van der Waals surface area contributed by atoms with Crippen molar-refractivity contribution in [1.82, 2.24) is 10.3 Å². The van der Waals surface area contributed by atoms with Gasteiger partial charge in [0.05, 0.1) is 5.69 Å². The van der Waals surface area contributed by atoms with E-state index in [1.54, 1.807) is 6.20 Å². The molecule has 0 amide bonds. The third-order valence-corrected chi connectivity index (χ3v) is 3.27. The fourth-order valence-corrected chi connectivity index (χ4v) is 2.17. The summed E-state index contributed by atoms with van der Waals surface area (Å²) < 4.78 is 6.09. The molecule has 2 rings (SSSR count). The summed E-state index contributed by atoms with van der Waals surface area (Å²) in [7, 11) is 0. The van der Waals surface area contributed by atoms with E-state index in [0.717, 1.165) is 30.3 Å². The quantitative estimate of drug-likeness (QED) is 0.889. The number of nitrogens with zero attached hydrogens (tertiary/aromatic N) is 1. The van der Waals surface area contributed by atoms with Crippen LogP contribution in [0.15, 0.2) is 42.6 Å². The molecule has 0 aliphatic rings. The smallest absolute Gasteiger partial charge is 0.131 e. The lowest BCUT2D eigenvalue weighted by molar-refractivity contribution is 0.454. The van der Waals surface area contributed by atoms with Gasteiger partial charge in [-0.25, -0.2) is 0 Å². The molecular formula is C18H24N2O. The van der Waals surface area contributed by atoms with Gasteiger partial charge in [0.1, 0.15) is 11.5 Å². The lowest BCUT2D eigenvalue weighted by Crippen LogP contribution is -2.13. The summed E-state index contributed by atoms with van der Waals surface area (Å²) in [5, 5.41) is 3.27. The lowest BCUT2D eigenvalue weighted by Gasteiger charge is -2.22. The summed E-state index contributed by atoms with van der Waals surface area (Å²) in [6, 6.07) is 12.1. The predicted octanol–water partition coefficient (Wildman–Crippen LogP) is 4.28. The van der Waals surface area contributed by atoms with Crippen molar-refractivity contribution < 1.29 is 4.74 Å². The molecule has 0 unspecified atom stereocenters. The van der Waals surface area contributed by atoms with E-state index in [-0.39, 0.29) is 5.41 Å². The zero-order chi connectivity index (χ0) is 15.3. The first-order chi connectivity index (χ1) is 10.0. The van der Waals surface area contributed by atoms with Gasteiger partial charge in [0.2, 0.25) is 0 Å². The average Bonchev–Trinajstić information content (AvgIpc) is 2.45. The maximum Gasteiger partial charge on any atom is 0.131 e. The number of rotatable bonds is 5. The summed E-state index contributed by atoms with van der Waals surface area (Å²) >= 11 is 0. The highest BCUT2D eigenvalue weighted by Gasteiger charge is 2.18. The van der Waals surface area contributed by atoms with Crippen molar-refractivity contribution in [2.24, 2.45) is 0 Å². The summed E-state index contributed by atoms with van der Waals surface area (Å²) in [6.45, 7) is 10.4. The largest absolute Gasteiger partial charge is 0.457 e. The Kier molecular flexibility index (Phi) is 4.97. The van der Waals surface area contributed by atoms with E-state index in [4.69, 9.17) is 4.74 Å². The Morgan fingerprint density at radius 1 is 1.14 bits per heavy atom. The normalized spacial score (nSPS) is 11.4. The number of hydrogen-bond donors (Lipinski definition) is 1. The molecule has 0 bridgehead atoms. The number of hydrogen-bond acceptors (Lipinski definition) is 3. The van der Waals surface area contributed by atoms with E-state index >= 15 is 0 Å². The van der Waals surface area contributed by atoms with Gasteiger partial charge >= 0.3 is 0 Å². The Balaban J connectivity index is 2.23. The van der Waals surface area contributed by atoms with Crippen molar-refractivity contribution in [2.45, 2.75) is 39.7 Å². The monoisotopic (exact) mass is 284 g/mol. The van der Waals surface area contributed by atoms with Crippen LogP contribution in [0.4, 0.5) is 0 Å². The van der Waals surface area contributed by atoms with E-state index in [1.807, 2.05) is 24.3 Å². The first-order valence-corrected chi connectivity index (χ1v) is 7.43. The van der Waals surface area contributed by atoms with Gasteiger partial charge in [0, 0.05) is 24.4 Å². The predicted molar refractivity (Wildman–Crippen MR) is 86.8 cm³/mol. The molecule has 0 fully saturated rings. The van der Waals surface area contributed by atoms with Crippen molar-refractivity contribution in [3.63, 3.8) is 0 Å². The zero-order valence-electron chi connectivity index (χ0n) is 13.3. The Bertz CT molecular complexity index is 588. The van der Waals surface area contributed by atoms with Crippen molar-refractivity contribution >= 4 is 0 Å². The zero-order valence-corrected chi connectivity index (χ0v) is 13.3. The molecular weight excluding hydrogens is 260 g/mol. The van der Waals surface area contributed by atoms with Gasteiger partial charge in [-0.05, 0) is 24.1 Å². The van der Waals surface area contributed by atoms with Gasteiger partial charge in [-0.1, -0.05) is 45.9 Å². The van der Waals surface area contributed by atoms with Crippen LogP contribution in [0.2, 0.25) is 0 Å². The molecule has 21 heavy (non-hydrogen) atoms. The molecule has 3 heteroatoms. The van der Waals surface area contributed by atoms with Crippen LogP contribution < -0.4 is 10.1 Å². The van der Waals surface area contributed by atoms with E-state index in [2.05, 4.69) is 50.1 Å². The van der Waals surface area contributed by atoms with Gasteiger partial charge in [-0.15, -0.1) is 0 Å². The number of aromatic nitrogens is 1. The molecule has 3 nitrogen and oxygen atoms in total. The van der Waals surface area contributed by atoms with Gasteiger partial charge in [0.25, 0.3) is 0 Å². The molecule has 1 aromatic heterocycles. The van der Waals surface area contributed by atoms with Gasteiger partial charge in [-0.3, -0.25) is 4.98 Å². The second-order valence-corrected chi connectivity index (χ2v) is 6.11. The summed E-state index contributed by atoms with van der Waals surface area (Å²) in [5.74, 6) is 1.74. The second-order valence-electron chi connectivity index (χ2n) is 6.11. The highest BCUT2D eigenvalue weighted by atomic mass is 16.5. The van der Waals surface area contributed by atoms with Gasteiger partial charge in [0.15, 0.2) is 0 Å². The van der Waals surface area contributed by atoms with Crippen molar-refractivity contribution in [1.29, 1.82) is 0 Å². The summed E-state index contributed by atoms with van der Waals surface area (Å²) in [6.07, 6.45) is 1.79. The van der Waals surface area contributed by atoms with Gasteiger partial charge in [-0.2, -0.15) is 0 Å². The lowest BCUT2D eigenvalue weighted by atomic mass is 9.86. The Morgan fingerprint density at radius 3 is 2.62 bits per heavy atom. The minimum Gasteiger partial charge on any atom is -0.457 e. The van der Waals surface area contributed by atoms with Gasteiger partial charge < -0.3 is 10.1 Å². The fourth-order valence-electron chi connectivity index (χ4n) is 2.17. The molecule has 0 aliphatic heterocycles. The second kappa shape index (κ2) is 6.72. The van der Waals surface area contributed by atoms with Crippen molar-refractivity contribution in [2.75, 3.05) is 6.54 Å². The summed E-state index contributed by atoms with van der Waals surface area (Å²) in [5.41, 5.74) is 2.24. The van der Waals surface area contributed by atoms with Crippen LogP contribution in [-0.4, -0.2) is 11.5 Å². The molecule has 0 radical (unpaired) electrons. The average molecular weight is 284 g/mol. The molecule has 1 N–H and O–H groups in total. The number of benzene rings is 1. The van der Waals surface area contributed by atoms with Crippen LogP contribution >= 0.6 is 0 Å². The molecule has 0 spiro atoms. The highest BCUT2D eigenvalue weighted by Crippen LogP contribution is 2.33. The van der Waals surface area contributed by atoms with E-state index in [0.29, 0.717) is 0 Å². The SMILES string of the molecule is CCNCc1cc(Oc2ccccc2C(C)(C)C)ccn1. The van der Waals surface area contributed by atoms with Crippen LogP contribution in [0.3, 0.4) is 0 Å². The Morgan fingerprint density at radius 2 is 1.90 bits per heavy atom. The Hall–Kier alpha value is -1.87. The number of ether oxygens (including phenoxy) is 1. The van der Waals surface area contributed by atoms with Crippen LogP contribution in [0.1, 0.15) is 39.0 Å². The molecule has 0 saturated heterocycles. The van der Waals surface area contributed by atoms with E-state index < -0.39 is 0 Å². The molecule has 0 atom stereocenters. The van der Waals surface area contributed by atoms with Crippen LogP contribution in [0.25, 0.3) is 0 Å². The van der Waals surface area contributed by atoms with Crippen LogP contribution in [0, 0.1) is 0 Å². The fraction of sp³-hybridized carbons (Fsp3) is 0.389. The standard InChI is InChI=1S/C18H24N2O/c1-5-19-13-14-12-15(10-11-20-14)21-17-9-7-6-8-16(17)18(2,3)4/h6-12,19H,5,13H2,1-4H3. The first kappa shape index (κ1) is 15.5. The molecule has 112 valence electrons. The maximum absolute atomic E-state index is 6.09. The minimum atomic E-state index is 0.0518. The number of nitrogens with one attached hydrogen (secondary N) is 1. The minimum absolute atomic E-state index is 0.0518. The van der Waals surface area contributed by atoms with E-state index in [9.17, 15) is 0 Å². The number of pyridine rings is 1. The molecule has 1 heterocycles. The molecule has 2 aromatic rings.